The molecule has 1 fully saturated rings. The van der Waals surface area contributed by atoms with E-state index in [2.05, 4.69) is 0 Å². The Hall–Kier alpha value is -3.45. The second-order valence-electron chi connectivity index (χ2n) is 8.55. The summed E-state index contributed by atoms with van der Waals surface area (Å²) in [6.07, 6.45) is 1.65. The van der Waals surface area contributed by atoms with Crippen molar-refractivity contribution in [2.75, 3.05) is 6.61 Å². The lowest BCUT2D eigenvalue weighted by atomic mass is 10.0. The molecule has 5 nitrogen and oxygen atoms in total. The molecule has 0 radical (unpaired) electrons. The quantitative estimate of drug-likeness (QED) is 0.201. The summed E-state index contributed by atoms with van der Waals surface area (Å²) >= 11 is 13.7. The van der Waals surface area contributed by atoms with Gasteiger partial charge in [0.05, 0.1) is 23.1 Å². The lowest BCUT2D eigenvalue weighted by Crippen LogP contribution is -2.27. The molecule has 0 saturated carbocycles. The Morgan fingerprint density at radius 1 is 0.868 bits per heavy atom. The predicted octanol–water partition coefficient (Wildman–Crippen LogP) is 8.36. The highest BCUT2D eigenvalue weighted by Crippen LogP contribution is 2.40. The van der Waals surface area contributed by atoms with Gasteiger partial charge in [-0.15, -0.1) is 0 Å². The molecule has 0 spiro atoms. The molecule has 0 aliphatic carbocycles. The number of thioether (sulfide) groups is 1. The predicted molar refractivity (Wildman–Crippen MR) is 154 cm³/mol. The zero-order valence-corrected chi connectivity index (χ0v) is 22.8. The van der Waals surface area contributed by atoms with Gasteiger partial charge in [-0.25, -0.2) is 0 Å². The molecule has 4 aromatic rings. The first-order valence-corrected chi connectivity index (χ1v) is 13.6. The van der Waals surface area contributed by atoms with Crippen LogP contribution in [0.15, 0.2) is 83.8 Å². The lowest BCUT2D eigenvalue weighted by Gasteiger charge is -2.15. The summed E-state index contributed by atoms with van der Waals surface area (Å²) in [5, 5.41) is 2.67. The van der Waals surface area contributed by atoms with Crippen molar-refractivity contribution < 1.29 is 19.1 Å². The number of nitrogens with zero attached hydrogens (tertiary/aromatic N) is 1. The van der Waals surface area contributed by atoms with E-state index in [4.69, 9.17) is 32.7 Å². The number of halogens is 2. The summed E-state index contributed by atoms with van der Waals surface area (Å²) in [7, 11) is 0. The van der Waals surface area contributed by atoms with Gasteiger partial charge in [0.25, 0.3) is 11.1 Å². The maximum atomic E-state index is 13.2. The van der Waals surface area contributed by atoms with Crippen LogP contribution in [0.5, 0.6) is 11.5 Å². The van der Waals surface area contributed by atoms with Gasteiger partial charge in [0.1, 0.15) is 6.61 Å². The summed E-state index contributed by atoms with van der Waals surface area (Å²) in [5.41, 5.74) is 2.35. The number of hydrogen-bond acceptors (Lipinski definition) is 5. The Labute approximate surface area is 234 Å². The van der Waals surface area contributed by atoms with Crippen LogP contribution in [-0.2, 0) is 17.9 Å². The van der Waals surface area contributed by atoms with Crippen molar-refractivity contribution in [2.24, 2.45) is 0 Å². The molecule has 2 amide bonds. The van der Waals surface area contributed by atoms with Crippen LogP contribution in [0.25, 0.3) is 16.8 Å². The van der Waals surface area contributed by atoms with Crippen molar-refractivity contribution in [3.05, 3.63) is 111 Å². The van der Waals surface area contributed by atoms with Gasteiger partial charge in [0.15, 0.2) is 11.5 Å². The van der Waals surface area contributed by atoms with Gasteiger partial charge < -0.3 is 9.47 Å². The van der Waals surface area contributed by atoms with Gasteiger partial charge >= 0.3 is 0 Å². The highest BCUT2D eigenvalue weighted by molar-refractivity contribution is 8.18. The van der Waals surface area contributed by atoms with Crippen LogP contribution in [0, 0.1) is 0 Å². The number of carbonyl (C=O) groups is 2. The van der Waals surface area contributed by atoms with Crippen molar-refractivity contribution in [1.29, 1.82) is 0 Å². The molecule has 0 unspecified atom stereocenters. The number of fused-ring (bicyclic) bond motifs is 1. The van der Waals surface area contributed by atoms with E-state index >= 15 is 0 Å². The number of rotatable bonds is 8. The molecule has 1 heterocycles. The molecular weight excluding hydrogens is 541 g/mol. The second-order valence-corrected chi connectivity index (χ2v) is 10.4. The van der Waals surface area contributed by atoms with E-state index in [9.17, 15) is 9.59 Å². The van der Waals surface area contributed by atoms with E-state index in [1.807, 2.05) is 67.6 Å². The van der Waals surface area contributed by atoms with Crippen LogP contribution in [0.3, 0.4) is 0 Å². The van der Waals surface area contributed by atoms with E-state index < -0.39 is 0 Å². The monoisotopic (exact) mass is 563 g/mol. The third kappa shape index (κ3) is 5.53. The van der Waals surface area contributed by atoms with Crippen molar-refractivity contribution >= 4 is 63.0 Å². The van der Waals surface area contributed by atoms with Crippen molar-refractivity contribution in [1.82, 2.24) is 4.90 Å². The van der Waals surface area contributed by atoms with Crippen LogP contribution in [0.1, 0.15) is 23.6 Å². The van der Waals surface area contributed by atoms with Crippen LogP contribution in [0.2, 0.25) is 10.0 Å². The van der Waals surface area contributed by atoms with E-state index in [0.29, 0.717) is 38.6 Å². The minimum atomic E-state index is -0.346. The molecule has 1 aliphatic rings. The van der Waals surface area contributed by atoms with Crippen LogP contribution in [0.4, 0.5) is 4.79 Å². The first-order chi connectivity index (χ1) is 18.4. The number of hydrogen-bond donors (Lipinski definition) is 0. The van der Waals surface area contributed by atoms with E-state index in [1.54, 1.807) is 24.3 Å². The van der Waals surface area contributed by atoms with Crippen molar-refractivity contribution in [3.63, 3.8) is 0 Å². The first kappa shape index (κ1) is 26.2. The Bertz CT molecular complexity index is 1560. The molecular formula is C30H23Cl2NO4S. The molecule has 0 aromatic heterocycles. The summed E-state index contributed by atoms with van der Waals surface area (Å²) < 4.78 is 11.8. The first-order valence-electron chi connectivity index (χ1n) is 12.0. The Balaban J connectivity index is 1.39. The lowest BCUT2D eigenvalue weighted by molar-refractivity contribution is -0.123. The molecule has 38 heavy (non-hydrogen) atoms. The highest BCUT2D eigenvalue weighted by Gasteiger charge is 2.35. The molecule has 8 heteroatoms. The molecule has 192 valence electrons. The smallest absolute Gasteiger partial charge is 0.293 e. The molecule has 5 rings (SSSR count). The number of carbonyl (C=O) groups excluding carboxylic acids is 2. The average Bonchev–Trinajstić information content (AvgIpc) is 3.16. The van der Waals surface area contributed by atoms with E-state index in [0.717, 1.165) is 33.7 Å². The largest absolute Gasteiger partial charge is 0.490 e. The molecule has 1 aliphatic heterocycles. The standard InChI is InChI=1S/C30H23Cl2NO4S/c1-2-36-26-15-19(14-25(32)28(26)37-18-22-9-4-6-13-24(22)31)16-27-29(34)33(30(35)38-27)17-21-11-7-10-20-8-3-5-12-23(20)21/h3-16H,2,17-18H2,1H3/b27-16-. The van der Waals surface area contributed by atoms with Gasteiger partial charge in [0, 0.05) is 10.6 Å². The molecule has 0 bridgehead atoms. The number of amides is 2. The summed E-state index contributed by atoms with van der Waals surface area (Å²) in [5.74, 6) is 0.476. The molecule has 4 aromatic carbocycles. The third-order valence-corrected chi connectivity index (χ3v) is 7.60. The van der Waals surface area contributed by atoms with E-state index in [1.165, 1.54) is 4.90 Å². The average molecular weight is 564 g/mol. The van der Waals surface area contributed by atoms with Gasteiger partial charge in [-0.3, -0.25) is 14.5 Å². The van der Waals surface area contributed by atoms with Crippen LogP contribution >= 0.6 is 35.0 Å². The SMILES string of the molecule is CCOc1cc(/C=C2\SC(=O)N(Cc3cccc4ccccc34)C2=O)cc(Cl)c1OCc1ccccc1Cl. The summed E-state index contributed by atoms with van der Waals surface area (Å²) in [4.78, 5) is 27.6. The van der Waals surface area contributed by atoms with Crippen molar-refractivity contribution in [2.45, 2.75) is 20.1 Å². The zero-order valence-electron chi connectivity index (χ0n) is 20.4. The van der Waals surface area contributed by atoms with Gasteiger partial charge in [0.2, 0.25) is 0 Å². The number of imide groups is 1. The molecule has 0 atom stereocenters. The van der Waals surface area contributed by atoms with E-state index in [-0.39, 0.29) is 24.3 Å². The molecule has 0 N–H and O–H groups in total. The normalized spacial score (nSPS) is 14.5. The Morgan fingerprint density at radius 2 is 1.61 bits per heavy atom. The fourth-order valence-corrected chi connectivity index (χ4v) is 5.53. The Morgan fingerprint density at radius 3 is 2.42 bits per heavy atom. The maximum Gasteiger partial charge on any atom is 0.293 e. The molecule has 1 saturated heterocycles. The zero-order chi connectivity index (χ0) is 26.6. The summed E-state index contributed by atoms with van der Waals surface area (Å²) in [6.45, 7) is 2.66. The maximum absolute atomic E-state index is 13.2. The third-order valence-electron chi connectivity index (χ3n) is 6.04. The number of benzene rings is 4. The second kappa shape index (κ2) is 11.5. The van der Waals surface area contributed by atoms with Gasteiger partial charge in [-0.05, 0) is 64.9 Å². The van der Waals surface area contributed by atoms with Gasteiger partial charge in [-0.2, -0.15) is 0 Å². The fourth-order valence-electron chi connectivity index (χ4n) is 4.23. The van der Waals surface area contributed by atoms with Gasteiger partial charge in [-0.1, -0.05) is 83.9 Å². The van der Waals surface area contributed by atoms with Crippen LogP contribution < -0.4 is 9.47 Å². The van der Waals surface area contributed by atoms with Crippen LogP contribution in [-0.4, -0.2) is 22.7 Å². The number of ether oxygens (including phenoxy) is 2. The summed E-state index contributed by atoms with van der Waals surface area (Å²) in [6, 6.07) is 24.6. The Kier molecular flexibility index (Phi) is 7.93. The van der Waals surface area contributed by atoms with Crippen molar-refractivity contribution in [3.8, 4) is 11.5 Å². The highest BCUT2D eigenvalue weighted by atomic mass is 35.5. The minimum Gasteiger partial charge on any atom is -0.490 e. The fraction of sp³-hybridized carbons (Fsp3) is 0.133. The topological polar surface area (TPSA) is 55.8 Å². The minimum absolute atomic E-state index is 0.198.